The maximum Gasteiger partial charge on any atom is 0.338 e. The number of ketones is 2. The van der Waals surface area contributed by atoms with E-state index >= 15 is 9.59 Å². The molecular weight excluding hydrogens is 863 g/mol. The number of esters is 3. The van der Waals surface area contributed by atoms with Gasteiger partial charge in [0.2, 0.25) is 11.6 Å². The largest absolute Gasteiger partial charge is 0.456 e. The summed E-state index contributed by atoms with van der Waals surface area (Å²) in [6, 6.07) is 25.4. The molecule has 2 bridgehead atoms. The SMILES string of the molecule is CC[Si](CC)(CC)OC1CC2OC[C@@]2(OC(C)=O)[C@H]2[C@H](OC(=O)c3ccccc3)[C@]3(O)C[C@H](OC(=O)[C@H](O)[C@@H](NC(=O)c4ccccc4)c4ccccc4)C(C)=C(C(=O)C(=O)[C@]12C)C3(C)C. The third kappa shape index (κ3) is 8.05. The predicted octanol–water partition coefficient (Wildman–Crippen LogP) is 6.40. The normalized spacial score (nSPS) is 29.9. The zero-order chi connectivity index (χ0) is 48.0. The summed E-state index contributed by atoms with van der Waals surface area (Å²) >= 11 is 0. The highest BCUT2D eigenvalue weighted by Crippen LogP contribution is 2.64. The highest BCUT2D eigenvalue weighted by molar-refractivity contribution is 6.73. The van der Waals surface area contributed by atoms with Crippen LogP contribution in [-0.4, -0.2) is 102 Å². The van der Waals surface area contributed by atoms with Crippen molar-refractivity contribution in [2.75, 3.05) is 6.61 Å². The van der Waals surface area contributed by atoms with Crippen molar-refractivity contribution in [3.8, 4) is 0 Å². The minimum Gasteiger partial charge on any atom is -0.456 e. The highest BCUT2D eigenvalue weighted by atomic mass is 28.4. The molecule has 4 aliphatic rings. The van der Waals surface area contributed by atoms with Crippen LogP contribution in [0.2, 0.25) is 18.1 Å². The molecular formula is C51H61NO13Si. The predicted molar refractivity (Wildman–Crippen MR) is 243 cm³/mol. The summed E-state index contributed by atoms with van der Waals surface area (Å²) in [5.41, 5.74) is -6.92. The Hall–Kier alpha value is -5.32. The molecule has 3 aromatic carbocycles. The Labute approximate surface area is 386 Å². The van der Waals surface area contributed by atoms with E-state index in [1.165, 1.54) is 26.0 Å². The number of hydrogen-bond donors (Lipinski definition) is 3. The summed E-state index contributed by atoms with van der Waals surface area (Å²) in [6.07, 6.45) is -7.60. The van der Waals surface area contributed by atoms with E-state index in [0.717, 1.165) is 0 Å². The Bertz CT molecular complexity index is 2380. The van der Waals surface area contributed by atoms with Gasteiger partial charge in [0, 0.05) is 36.3 Å². The zero-order valence-electron chi connectivity index (χ0n) is 38.8. The molecule has 1 amide bonds. The van der Waals surface area contributed by atoms with Crippen LogP contribution in [0.15, 0.2) is 102 Å². The Kier molecular flexibility index (Phi) is 13.5. The smallest absolute Gasteiger partial charge is 0.338 e. The minimum atomic E-state index is -2.61. The van der Waals surface area contributed by atoms with Crippen molar-refractivity contribution in [3.05, 3.63) is 119 Å². The molecule has 3 N–H and O–H groups in total. The van der Waals surface area contributed by atoms with E-state index in [9.17, 15) is 29.4 Å². The standard InChI is InChI=1S/C51H61NO13Si/c1-9-66(10-2,11-3)65-36-27-37-50(29-61-37,64-31(5)53)42-44(63-46(58)34-25-19-14-20-26-34)51(60)28-35(30(4)38(48(51,6)7)40(54)43(56)49(36,42)8)62-47(59)41(55)39(32-21-15-12-16-22-32)52-45(57)33-23-17-13-18-24-33/h12-26,35-37,39,41-42,44,55,60H,9-11,27-29H2,1-8H3,(H,52,57)/t35-,36?,37?,39-,41+,42-,44-,49+,50-,51+/m0/s1. The number of carbonyl (C=O) groups excluding carboxylic acids is 6. The van der Waals surface area contributed by atoms with Crippen molar-refractivity contribution in [2.24, 2.45) is 16.7 Å². The number of nitrogens with one attached hydrogen (secondary N) is 1. The molecule has 2 saturated carbocycles. The molecule has 10 atom stereocenters. The van der Waals surface area contributed by atoms with Crippen molar-refractivity contribution in [2.45, 2.75) is 134 Å². The molecule has 14 nitrogen and oxygen atoms in total. The van der Waals surface area contributed by atoms with Crippen LogP contribution >= 0.6 is 0 Å². The number of fused-ring (bicyclic) bond motifs is 5. The quantitative estimate of drug-likeness (QED) is 0.0695. The van der Waals surface area contributed by atoms with Crippen LogP contribution in [0.1, 0.15) is 101 Å². The van der Waals surface area contributed by atoms with Gasteiger partial charge in [0.05, 0.1) is 35.6 Å². The molecule has 15 heteroatoms. The molecule has 0 spiro atoms. The van der Waals surface area contributed by atoms with Gasteiger partial charge in [-0.3, -0.25) is 19.2 Å². The Morgan fingerprint density at radius 1 is 0.848 bits per heavy atom. The Morgan fingerprint density at radius 2 is 1.41 bits per heavy atom. The third-order valence-electron chi connectivity index (χ3n) is 15.3. The fourth-order valence-electron chi connectivity index (χ4n) is 11.2. The number of carbonyl (C=O) groups is 6. The zero-order valence-corrected chi connectivity index (χ0v) is 39.8. The van der Waals surface area contributed by atoms with Crippen molar-refractivity contribution in [1.29, 1.82) is 0 Å². The number of aliphatic hydroxyl groups excluding tert-OH is 1. The van der Waals surface area contributed by atoms with E-state index < -0.39 is 115 Å². The van der Waals surface area contributed by atoms with Gasteiger partial charge in [-0.25, -0.2) is 9.59 Å². The fourth-order valence-corrected chi connectivity index (χ4v) is 14.1. The van der Waals surface area contributed by atoms with Crippen LogP contribution in [0, 0.1) is 16.7 Å². The molecule has 0 radical (unpaired) electrons. The van der Waals surface area contributed by atoms with Crippen LogP contribution in [0.25, 0.3) is 0 Å². The lowest BCUT2D eigenvalue weighted by atomic mass is 9.45. The molecule has 7 rings (SSSR count). The average molecular weight is 924 g/mol. The number of amides is 1. The molecule has 3 fully saturated rings. The minimum absolute atomic E-state index is 0.0643. The maximum atomic E-state index is 15.7. The second-order valence-corrected chi connectivity index (χ2v) is 23.7. The van der Waals surface area contributed by atoms with Gasteiger partial charge >= 0.3 is 17.9 Å². The summed E-state index contributed by atoms with van der Waals surface area (Å²) in [5.74, 6) is -6.72. The van der Waals surface area contributed by atoms with Crippen molar-refractivity contribution in [1.82, 2.24) is 5.32 Å². The first-order chi connectivity index (χ1) is 31.2. The van der Waals surface area contributed by atoms with Crippen molar-refractivity contribution in [3.63, 3.8) is 0 Å². The second-order valence-electron chi connectivity index (χ2n) is 19.0. The van der Waals surface area contributed by atoms with E-state index in [4.69, 9.17) is 23.4 Å². The number of ether oxygens (including phenoxy) is 4. The summed E-state index contributed by atoms with van der Waals surface area (Å²) < 4.78 is 32.3. The van der Waals surface area contributed by atoms with Gasteiger partial charge in [-0.05, 0) is 67.4 Å². The number of hydrogen-bond acceptors (Lipinski definition) is 13. The Balaban J connectivity index is 1.39. The molecule has 3 aliphatic carbocycles. The molecule has 66 heavy (non-hydrogen) atoms. The Morgan fingerprint density at radius 3 is 1.94 bits per heavy atom. The molecule has 0 aromatic heterocycles. The molecule has 352 valence electrons. The van der Waals surface area contributed by atoms with Crippen LogP contribution < -0.4 is 5.32 Å². The topological polar surface area (TPSA) is 201 Å². The van der Waals surface area contributed by atoms with Crippen LogP contribution in [0.4, 0.5) is 0 Å². The molecule has 2 unspecified atom stereocenters. The summed E-state index contributed by atoms with van der Waals surface area (Å²) in [5, 5.41) is 28.4. The van der Waals surface area contributed by atoms with E-state index in [1.54, 1.807) is 99.6 Å². The first-order valence-corrected chi connectivity index (χ1v) is 25.3. The van der Waals surface area contributed by atoms with E-state index in [2.05, 4.69) is 5.32 Å². The van der Waals surface area contributed by atoms with Gasteiger partial charge in [0.15, 0.2) is 20.0 Å². The molecule has 3 aromatic rings. The van der Waals surface area contributed by atoms with Crippen molar-refractivity contribution < 1.29 is 62.4 Å². The third-order valence-corrected chi connectivity index (χ3v) is 20.0. The lowest BCUT2D eigenvalue weighted by Gasteiger charge is -2.67. The number of rotatable bonds is 14. The van der Waals surface area contributed by atoms with Gasteiger partial charge in [-0.15, -0.1) is 0 Å². The van der Waals surface area contributed by atoms with Crippen LogP contribution in [-0.2, 0) is 42.6 Å². The molecule has 1 saturated heterocycles. The number of Topliss-reactive ketones (excluding diaryl/α,β-unsaturated/α-hetero) is 2. The van der Waals surface area contributed by atoms with Crippen molar-refractivity contribution >= 4 is 43.7 Å². The monoisotopic (exact) mass is 923 g/mol. The first-order valence-electron chi connectivity index (χ1n) is 22.8. The fraction of sp³-hybridized carbons (Fsp3) is 0.490. The van der Waals surface area contributed by atoms with E-state index in [1.807, 2.05) is 20.8 Å². The van der Waals surface area contributed by atoms with Gasteiger partial charge < -0.3 is 38.9 Å². The summed E-state index contributed by atoms with van der Waals surface area (Å²) in [4.78, 5) is 86.8. The molecule has 1 heterocycles. The van der Waals surface area contributed by atoms with Crippen LogP contribution in [0.5, 0.6) is 0 Å². The molecule has 1 aliphatic heterocycles. The average Bonchev–Trinajstić information content (AvgIpc) is 3.31. The summed E-state index contributed by atoms with van der Waals surface area (Å²) in [7, 11) is -2.61. The van der Waals surface area contributed by atoms with Gasteiger partial charge in [0.25, 0.3) is 5.91 Å². The van der Waals surface area contributed by atoms with Gasteiger partial charge in [0.1, 0.15) is 23.9 Å². The lowest BCUT2D eigenvalue weighted by molar-refractivity contribution is -0.342. The van der Waals surface area contributed by atoms with E-state index in [-0.39, 0.29) is 35.3 Å². The first kappa shape index (κ1) is 48.6. The van der Waals surface area contributed by atoms with Gasteiger partial charge in [-0.1, -0.05) is 101 Å². The van der Waals surface area contributed by atoms with Gasteiger partial charge in [-0.2, -0.15) is 0 Å². The van der Waals surface area contributed by atoms with E-state index in [0.29, 0.717) is 23.7 Å². The summed E-state index contributed by atoms with van der Waals surface area (Å²) in [6.45, 7) is 13.3. The lowest BCUT2D eigenvalue weighted by Crippen LogP contribution is -2.82. The number of benzene rings is 3. The number of aliphatic hydroxyl groups is 2. The highest BCUT2D eigenvalue weighted by Gasteiger charge is 2.78. The second kappa shape index (κ2) is 18.4. The maximum absolute atomic E-state index is 15.7. The van der Waals surface area contributed by atoms with Crippen LogP contribution in [0.3, 0.4) is 0 Å².